The predicted octanol–water partition coefficient (Wildman–Crippen LogP) is 3.11. The number of ether oxygens (including phenoxy) is 1. The number of aromatic nitrogens is 2. The van der Waals surface area contributed by atoms with Crippen LogP contribution in [-0.2, 0) is 17.9 Å². The van der Waals surface area contributed by atoms with Gasteiger partial charge in [-0.25, -0.2) is 0 Å². The molecule has 0 saturated heterocycles. The van der Waals surface area contributed by atoms with E-state index in [1.165, 1.54) is 0 Å². The van der Waals surface area contributed by atoms with Crippen LogP contribution in [0.1, 0.15) is 23.9 Å². The average molecular weight is 336 g/mol. The van der Waals surface area contributed by atoms with Gasteiger partial charge in [-0.05, 0) is 19.9 Å². The summed E-state index contributed by atoms with van der Waals surface area (Å²) in [7, 11) is 1.62. The highest BCUT2D eigenvalue weighted by Gasteiger charge is 2.17. The van der Waals surface area contributed by atoms with Crippen molar-refractivity contribution in [2.24, 2.45) is 5.92 Å². The number of nitrogens with zero attached hydrogens (tertiary/aromatic N) is 2. The lowest BCUT2D eigenvalue weighted by molar-refractivity contribution is -0.125. The van der Waals surface area contributed by atoms with E-state index in [1.807, 2.05) is 45.0 Å². The van der Waals surface area contributed by atoms with Crippen molar-refractivity contribution in [2.75, 3.05) is 7.11 Å². The van der Waals surface area contributed by atoms with Crippen molar-refractivity contribution < 1.29 is 9.53 Å². The van der Waals surface area contributed by atoms with E-state index in [4.69, 9.17) is 16.3 Å². The van der Waals surface area contributed by atoms with E-state index in [2.05, 4.69) is 10.4 Å². The Labute approximate surface area is 141 Å². The van der Waals surface area contributed by atoms with Gasteiger partial charge in [0.2, 0.25) is 5.91 Å². The lowest BCUT2D eigenvalue weighted by Crippen LogP contribution is -2.31. The summed E-state index contributed by atoms with van der Waals surface area (Å²) >= 11 is 6.14. The molecule has 1 atom stereocenters. The molecule has 0 spiro atoms. The second kappa shape index (κ2) is 7.51. The number of benzene rings is 1. The molecule has 1 N–H and O–H groups in total. The van der Waals surface area contributed by atoms with Gasteiger partial charge in [0.05, 0.1) is 36.0 Å². The number of carbonyl (C=O) groups excluding carboxylic acids is 1. The number of nitrogens with one attached hydrogen (secondary N) is 1. The summed E-state index contributed by atoms with van der Waals surface area (Å²) in [4.78, 5) is 12.3. The number of methoxy groups -OCH3 is 1. The van der Waals surface area contributed by atoms with Gasteiger partial charge in [0.15, 0.2) is 0 Å². The van der Waals surface area contributed by atoms with Crippen LogP contribution >= 0.6 is 11.6 Å². The molecule has 2 rings (SSSR count). The fourth-order valence-corrected chi connectivity index (χ4v) is 2.54. The molecule has 0 aliphatic heterocycles. The van der Waals surface area contributed by atoms with E-state index in [-0.39, 0.29) is 11.8 Å². The molecule has 0 bridgehead atoms. The van der Waals surface area contributed by atoms with Gasteiger partial charge in [0, 0.05) is 12.1 Å². The first-order chi connectivity index (χ1) is 10.9. The first-order valence-corrected chi connectivity index (χ1v) is 7.91. The minimum Gasteiger partial charge on any atom is -0.496 e. The Hall–Kier alpha value is -2.01. The molecule has 0 aliphatic carbocycles. The van der Waals surface area contributed by atoms with Gasteiger partial charge < -0.3 is 10.1 Å². The Morgan fingerprint density at radius 2 is 2.09 bits per heavy atom. The Balaban J connectivity index is 1.96. The first kappa shape index (κ1) is 17.3. The van der Waals surface area contributed by atoms with E-state index in [0.717, 1.165) is 22.7 Å². The molecular formula is C17H22ClN3O2. The molecule has 1 amide bonds. The molecule has 124 valence electrons. The maximum absolute atomic E-state index is 12.3. The predicted molar refractivity (Wildman–Crippen MR) is 90.7 cm³/mol. The third-order valence-electron chi connectivity index (χ3n) is 3.83. The van der Waals surface area contributed by atoms with Gasteiger partial charge in [0.1, 0.15) is 5.75 Å². The van der Waals surface area contributed by atoms with Crippen molar-refractivity contribution in [3.8, 4) is 5.75 Å². The number of halogens is 1. The molecule has 0 radical (unpaired) electrons. The topological polar surface area (TPSA) is 56.1 Å². The lowest BCUT2D eigenvalue weighted by Gasteiger charge is -2.14. The Kier molecular flexibility index (Phi) is 5.66. The number of amides is 1. The molecule has 1 heterocycles. The lowest BCUT2D eigenvalue weighted by atomic mass is 10.1. The zero-order valence-corrected chi connectivity index (χ0v) is 14.6. The number of aryl methyl sites for hydroxylation is 1. The van der Waals surface area contributed by atoms with Gasteiger partial charge >= 0.3 is 0 Å². The van der Waals surface area contributed by atoms with Crippen LogP contribution < -0.4 is 10.1 Å². The molecule has 6 heteroatoms. The van der Waals surface area contributed by atoms with Crippen LogP contribution in [0, 0.1) is 19.8 Å². The van der Waals surface area contributed by atoms with Crippen molar-refractivity contribution in [2.45, 2.75) is 33.9 Å². The van der Waals surface area contributed by atoms with E-state index >= 15 is 0 Å². The molecule has 0 saturated carbocycles. The summed E-state index contributed by atoms with van der Waals surface area (Å²) < 4.78 is 7.07. The monoisotopic (exact) mass is 335 g/mol. The third-order valence-corrected chi connectivity index (χ3v) is 4.38. The Bertz CT molecular complexity index is 697. The Morgan fingerprint density at radius 3 is 2.70 bits per heavy atom. The highest BCUT2D eigenvalue weighted by molar-refractivity contribution is 6.31. The third kappa shape index (κ3) is 4.05. The summed E-state index contributed by atoms with van der Waals surface area (Å²) in [6, 6.07) is 7.64. The second-order valence-corrected chi connectivity index (χ2v) is 5.98. The Morgan fingerprint density at radius 1 is 1.39 bits per heavy atom. The smallest absolute Gasteiger partial charge is 0.224 e. The zero-order chi connectivity index (χ0) is 17.0. The fourth-order valence-electron chi connectivity index (χ4n) is 2.40. The molecule has 1 unspecified atom stereocenters. The standard InChI is InChI=1S/C17H22ClN3O2/c1-11(10-21-13(3)16(18)12(2)20-21)17(22)19-9-14-7-5-6-8-15(14)23-4/h5-8,11H,9-10H2,1-4H3,(H,19,22). The van der Waals surface area contributed by atoms with Crippen molar-refractivity contribution in [1.29, 1.82) is 0 Å². The van der Waals surface area contributed by atoms with Crippen molar-refractivity contribution in [1.82, 2.24) is 15.1 Å². The maximum atomic E-state index is 12.3. The maximum Gasteiger partial charge on any atom is 0.224 e. The number of rotatable bonds is 6. The summed E-state index contributed by atoms with van der Waals surface area (Å²) in [5.74, 6) is 0.532. The average Bonchev–Trinajstić information content (AvgIpc) is 2.79. The summed E-state index contributed by atoms with van der Waals surface area (Å²) in [5, 5.41) is 7.96. The van der Waals surface area contributed by atoms with Crippen LogP contribution in [0.5, 0.6) is 5.75 Å². The summed E-state index contributed by atoms with van der Waals surface area (Å²) in [5.41, 5.74) is 2.61. The van der Waals surface area contributed by atoms with Gasteiger partial charge in [0.25, 0.3) is 0 Å². The number of hydrogen-bond acceptors (Lipinski definition) is 3. The van der Waals surface area contributed by atoms with Crippen LogP contribution in [0.25, 0.3) is 0 Å². The SMILES string of the molecule is COc1ccccc1CNC(=O)C(C)Cn1nc(C)c(Cl)c1C. The molecule has 1 aromatic heterocycles. The summed E-state index contributed by atoms with van der Waals surface area (Å²) in [6.45, 7) is 6.57. The van der Waals surface area contributed by atoms with Crippen LogP contribution in [0.15, 0.2) is 24.3 Å². The zero-order valence-electron chi connectivity index (χ0n) is 13.9. The second-order valence-electron chi connectivity index (χ2n) is 5.60. The van der Waals surface area contributed by atoms with Crippen molar-refractivity contribution >= 4 is 17.5 Å². The molecule has 23 heavy (non-hydrogen) atoms. The molecule has 0 fully saturated rings. The van der Waals surface area contributed by atoms with Gasteiger partial charge in [-0.3, -0.25) is 9.48 Å². The number of hydrogen-bond donors (Lipinski definition) is 1. The fraction of sp³-hybridized carbons (Fsp3) is 0.412. The van der Waals surface area contributed by atoms with E-state index < -0.39 is 0 Å². The van der Waals surface area contributed by atoms with Gasteiger partial charge in [-0.1, -0.05) is 36.7 Å². The van der Waals surface area contributed by atoms with E-state index in [0.29, 0.717) is 18.1 Å². The molecule has 5 nitrogen and oxygen atoms in total. The van der Waals surface area contributed by atoms with Crippen molar-refractivity contribution in [3.63, 3.8) is 0 Å². The van der Waals surface area contributed by atoms with E-state index in [9.17, 15) is 4.79 Å². The highest BCUT2D eigenvalue weighted by atomic mass is 35.5. The van der Waals surface area contributed by atoms with Crippen LogP contribution in [-0.4, -0.2) is 22.8 Å². The highest BCUT2D eigenvalue weighted by Crippen LogP contribution is 2.20. The molecule has 2 aromatic rings. The molecule has 0 aliphatic rings. The first-order valence-electron chi connectivity index (χ1n) is 7.53. The summed E-state index contributed by atoms with van der Waals surface area (Å²) in [6.07, 6.45) is 0. The number of carbonyl (C=O) groups is 1. The molecule has 1 aromatic carbocycles. The van der Waals surface area contributed by atoms with Crippen LogP contribution in [0.3, 0.4) is 0 Å². The van der Waals surface area contributed by atoms with Crippen molar-refractivity contribution in [3.05, 3.63) is 46.2 Å². The van der Waals surface area contributed by atoms with Gasteiger partial charge in [-0.15, -0.1) is 0 Å². The largest absolute Gasteiger partial charge is 0.496 e. The quantitative estimate of drug-likeness (QED) is 0.882. The van der Waals surface area contributed by atoms with Crippen LogP contribution in [0.2, 0.25) is 5.02 Å². The van der Waals surface area contributed by atoms with Gasteiger partial charge in [-0.2, -0.15) is 5.10 Å². The normalized spacial score (nSPS) is 12.0. The minimum absolute atomic E-state index is 0.0282. The van der Waals surface area contributed by atoms with E-state index in [1.54, 1.807) is 11.8 Å². The number of para-hydroxylation sites is 1. The molecular weight excluding hydrogens is 314 g/mol. The van der Waals surface area contributed by atoms with Crippen LogP contribution in [0.4, 0.5) is 0 Å². The minimum atomic E-state index is -0.209.